The third-order valence-electron chi connectivity index (χ3n) is 7.52. The van der Waals surface area contributed by atoms with Crippen LogP contribution in [-0.4, -0.2) is 132 Å². The van der Waals surface area contributed by atoms with Gasteiger partial charge in [0.2, 0.25) is 18.7 Å². The van der Waals surface area contributed by atoms with Crippen molar-refractivity contribution in [1.29, 1.82) is 0 Å². The fraction of sp³-hybridized carbons (Fsp3) is 0.588. The maximum atomic E-state index is 12.8. The summed E-state index contributed by atoms with van der Waals surface area (Å²) in [5, 5.41) is 22.3. The predicted molar refractivity (Wildman–Crippen MR) is 174 cm³/mol. The zero-order valence-electron chi connectivity index (χ0n) is 31.0. The Hall–Kier alpha value is -5.54. The minimum absolute atomic E-state index is 0.380. The third-order valence-corrected chi connectivity index (χ3v) is 7.52. The summed E-state index contributed by atoms with van der Waals surface area (Å²) in [6.07, 6.45) is -16.4. The maximum Gasteiger partial charge on any atom is 0.303 e. The molecule has 55 heavy (non-hydrogen) atoms. The van der Waals surface area contributed by atoms with Gasteiger partial charge in [0.25, 0.3) is 0 Å². The zero-order valence-corrected chi connectivity index (χ0v) is 31.0. The monoisotopic (exact) mass is 786 g/mol. The largest absolute Gasteiger partial charge is 0.507 e. The molecule has 0 aliphatic carbocycles. The van der Waals surface area contributed by atoms with E-state index >= 15 is 0 Å². The van der Waals surface area contributed by atoms with Gasteiger partial charge in [0.1, 0.15) is 48.2 Å². The molecule has 0 spiro atoms. The van der Waals surface area contributed by atoms with Crippen molar-refractivity contribution < 1.29 is 101 Å². The topological polar surface area (TPSA) is 279 Å². The molecule has 304 valence electrons. The van der Waals surface area contributed by atoms with E-state index in [9.17, 15) is 48.6 Å². The summed E-state index contributed by atoms with van der Waals surface area (Å²) >= 11 is 0. The lowest BCUT2D eigenvalue weighted by Gasteiger charge is -2.44. The van der Waals surface area contributed by atoms with Crippen LogP contribution in [0.5, 0.6) is 17.2 Å². The number of phenols is 1. The fourth-order valence-electron chi connectivity index (χ4n) is 5.62. The highest BCUT2D eigenvalue weighted by Crippen LogP contribution is 2.39. The molecule has 2 aliphatic rings. The number of esters is 7. The summed E-state index contributed by atoms with van der Waals surface area (Å²) in [5.41, 5.74) is -0.479. The second-order valence-corrected chi connectivity index (χ2v) is 12.2. The summed E-state index contributed by atoms with van der Waals surface area (Å²) in [6.45, 7) is 7.14. The smallest absolute Gasteiger partial charge is 0.303 e. The predicted octanol–water partition coefficient (Wildman–Crippen LogP) is -0.0522. The third kappa shape index (κ3) is 12.2. The molecule has 0 aromatic heterocycles. The van der Waals surface area contributed by atoms with E-state index in [4.69, 9.17) is 52.1 Å². The van der Waals surface area contributed by atoms with E-state index in [0.717, 1.165) is 67.5 Å². The van der Waals surface area contributed by atoms with Gasteiger partial charge >= 0.3 is 41.8 Å². The molecule has 21 heteroatoms. The first-order valence-electron chi connectivity index (χ1n) is 16.5. The Bertz CT molecular complexity index is 1640. The Balaban J connectivity index is 2.11. The normalized spacial score (nSPS) is 27.3. The highest BCUT2D eigenvalue weighted by molar-refractivity contribution is 5.99. The van der Waals surface area contributed by atoms with Crippen molar-refractivity contribution in [3.05, 3.63) is 17.7 Å². The van der Waals surface area contributed by atoms with Crippen molar-refractivity contribution in [2.24, 2.45) is 0 Å². The summed E-state index contributed by atoms with van der Waals surface area (Å²) < 4.78 is 60.2. The fourth-order valence-corrected chi connectivity index (χ4v) is 5.62. The Morgan fingerprint density at radius 1 is 0.545 bits per heavy atom. The molecule has 2 N–H and O–H groups in total. The van der Waals surface area contributed by atoms with Crippen molar-refractivity contribution in [3.8, 4) is 17.2 Å². The van der Waals surface area contributed by atoms with Crippen LogP contribution in [0, 0.1) is 0 Å². The van der Waals surface area contributed by atoms with Crippen molar-refractivity contribution >= 4 is 47.6 Å². The van der Waals surface area contributed by atoms with Crippen LogP contribution in [0.3, 0.4) is 0 Å². The van der Waals surface area contributed by atoms with E-state index in [1.165, 1.54) is 0 Å². The molecule has 2 heterocycles. The number of aliphatic hydroxyl groups excluding tert-OH is 1. The number of Topliss-reactive ketones (excluding diaryl/α,β-unsaturated/α-hetero) is 1. The molecule has 0 amide bonds. The summed E-state index contributed by atoms with van der Waals surface area (Å²) in [6, 6.07) is 1.94. The number of aliphatic hydroxyl groups is 1. The second kappa shape index (κ2) is 19.2. The number of ether oxygens (including phenoxy) is 11. The number of hydrogen-bond donors (Lipinski definition) is 2. The van der Waals surface area contributed by atoms with Gasteiger partial charge in [-0.2, -0.15) is 0 Å². The van der Waals surface area contributed by atoms with Crippen LogP contribution < -0.4 is 9.47 Å². The van der Waals surface area contributed by atoms with Gasteiger partial charge in [-0.25, -0.2) is 0 Å². The van der Waals surface area contributed by atoms with Gasteiger partial charge < -0.3 is 62.3 Å². The molecule has 0 bridgehead atoms. The average molecular weight is 787 g/mol. The number of carbonyl (C=O) groups excluding carboxylic acids is 8. The van der Waals surface area contributed by atoms with Gasteiger partial charge in [0, 0.05) is 60.6 Å². The Morgan fingerprint density at radius 3 is 1.42 bits per heavy atom. The minimum atomic E-state index is -1.95. The SMILES string of the molecule is CC(=O)OCC1OC(Oc2cc(OC3OC(COC(C)=O)C(OC(C)=O)C(OC(C)=O)C3OC(C)=O)cc(O)c2C(C)=O)C(O)C(OC(C)=O)C1OC(C)=O. The number of benzene rings is 1. The molecule has 0 saturated carbocycles. The van der Waals surface area contributed by atoms with Crippen molar-refractivity contribution in [2.75, 3.05) is 13.2 Å². The minimum Gasteiger partial charge on any atom is -0.507 e. The number of phenolic OH excluding ortho intramolecular Hbond substituents is 1. The highest BCUT2D eigenvalue weighted by Gasteiger charge is 2.54. The molecular weight excluding hydrogens is 744 g/mol. The number of rotatable bonds is 14. The first-order chi connectivity index (χ1) is 25.7. The van der Waals surface area contributed by atoms with E-state index < -0.39 is 139 Å². The number of carbonyl (C=O) groups is 8. The molecule has 1 aromatic rings. The van der Waals surface area contributed by atoms with Gasteiger partial charge in [-0.15, -0.1) is 0 Å². The lowest BCUT2D eigenvalue weighted by Crippen LogP contribution is -2.63. The maximum absolute atomic E-state index is 12.8. The molecule has 0 radical (unpaired) electrons. The summed E-state index contributed by atoms with van der Waals surface area (Å²) in [7, 11) is 0. The molecule has 1 aromatic carbocycles. The molecule has 21 nitrogen and oxygen atoms in total. The van der Waals surface area contributed by atoms with E-state index in [0.29, 0.717) is 0 Å². The first-order valence-corrected chi connectivity index (χ1v) is 16.5. The Morgan fingerprint density at radius 2 is 0.964 bits per heavy atom. The Labute approximate surface area is 313 Å². The van der Waals surface area contributed by atoms with Crippen LogP contribution in [0.25, 0.3) is 0 Å². The Kier molecular flexibility index (Phi) is 15.3. The van der Waals surface area contributed by atoms with Crippen LogP contribution in [0.4, 0.5) is 0 Å². The lowest BCUT2D eigenvalue weighted by molar-refractivity contribution is -0.288. The molecule has 3 rings (SSSR count). The van der Waals surface area contributed by atoms with E-state index in [-0.39, 0.29) is 5.75 Å². The van der Waals surface area contributed by atoms with Crippen molar-refractivity contribution in [1.82, 2.24) is 0 Å². The quantitative estimate of drug-likeness (QED) is 0.142. The lowest BCUT2D eigenvalue weighted by atomic mass is 9.98. The van der Waals surface area contributed by atoms with Crippen molar-refractivity contribution in [3.63, 3.8) is 0 Å². The van der Waals surface area contributed by atoms with Crippen LogP contribution in [0.1, 0.15) is 65.7 Å². The van der Waals surface area contributed by atoms with E-state index in [2.05, 4.69) is 0 Å². The van der Waals surface area contributed by atoms with Crippen molar-refractivity contribution in [2.45, 2.75) is 117 Å². The summed E-state index contributed by atoms with van der Waals surface area (Å²) in [4.78, 5) is 96.6. The molecule has 10 unspecified atom stereocenters. The van der Waals surface area contributed by atoms with Gasteiger partial charge in [-0.1, -0.05) is 0 Å². The number of hydrogen-bond acceptors (Lipinski definition) is 21. The van der Waals surface area contributed by atoms with Gasteiger partial charge in [-0.3, -0.25) is 38.4 Å². The van der Waals surface area contributed by atoms with Gasteiger partial charge in [-0.05, 0) is 6.92 Å². The molecule has 2 fully saturated rings. The van der Waals surface area contributed by atoms with Gasteiger partial charge in [0.15, 0.2) is 36.3 Å². The molecule has 10 atom stereocenters. The van der Waals surface area contributed by atoms with Crippen LogP contribution in [0.15, 0.2) is 12.1 Å². The number of aromatic hydroxyl groups is 1. The second-order valence-electron chi connectivity index (χ2n) is 12.2. The molecule has 2 saturated heterocycles. The summed E-state index contributed by atoms with van der Waals surface area (Å²) in [5.74, 6) is -8.48. The van der Waals surface area contributed by atoms with Gasteiger partial charge in [0.05, 0.1) is 0 Å². The standard InChI is InChI=1S/C34H42O21/c1-13(35)26-22(43)9-21(10-23(26)53-33-27(44)30(49-18(6)40)28(47-16(4)38)24(54-33)11-45-14(2)36)52-34-32(51-20(8)42)31(50-19(7)41)29(48-17(5)39)25(55-34)12-46-15(3)37/h9-10,24-25,27-34,43-44H,11-12H2,1-8H3. The van der Waals surface area contributed by atoms with E-state index in [1.807, 2.05) is 0 Å². The van der Waals surface area contributed by atoms with Crippen LogP contribution in [-0.2, 0) is 76.2 Å². The average Bonchev–Trinajstić information content (AvgIpc) is 3.03. The number of ketones is 1. The first kappa shape index (κ1) is 43.9. The van der Waals surface area contributed by atoms with E-state index in [1.54, 1.807) is 0 Å². The highest BCUT2D eigenvalue weighted by atomic mass is 16.7. The molecule has 2 aliphatic heterocycles. The van der Waals surface area contributed by atoms with Crippen LogP contribution >= 0.6 is 0 Å². The zero-order chi connectivity index (χ0) is 41.3. The molecular formula is C34H42O21. The van der Waals surface area contributed by atoms with Crippen LogP contribution in [0.2, 0.25) is 0 Å².